The van der Waals surface area contributed by atoms with Gasteiger partial charge in [-0.25, -0.2) is 12.8 Å². The van der Waals surface area contributed by atoms with Gasteiger partial charge < -0.3 is 0 Å². The van der Waals surface area contributed by atoms with Crippen molar-refractivity contribution in [1.82, 2.24) is 9.21 Å². The molecule has 4 nitrogen and oxygen atoms in total. The van der Waals surface area contributed by atoms with E-state index in [0.717, 1.165) is 16.1 Å². The van der Waals surface area contributed by atoms with Gasteiger partial charge in [0.05, 0.1) is 10.9 Å². The van der Waals surface area contributed by atoms with Crippen molar-refractivity contribution >= 4 is 26.0 Å². The fourth-order valence-electron chi connectivity index (χ4n) is 3.87. The number of halogens is 2. The third kappa shape index (κ3) is 4.49. The van der Waals surface area contributed by atoms with Crippen molar-refractivity contribution in [1.29, 1.82) is 0 Å². The van der Waals surface area contributed by atoms with Crippen LogP contribution in [0.2, 0.25) is 0 Å². The first kappa shape index (κ1) is 21.2. The second-order valence-corrected chi connectivity index (χ2v) is 10.1. The fourth-order valence-corrected chi connectivity index (χ4v) is 5.59. The molecule has 0 spiro atoms. The smallest absolute Gasteiger partial charge is 0.243 e. The molecule has 156 valence electrons. The molecular formula is C23H22BrFN2O2S. The Kier molecular flexibility index (Phi) is 6.34. The molecule has 1 aliphatic rings. The predicted octanol–water partition coefficient (Wildman–Crippen LogP) is 4.68. The second kappa shape index (κ2) is 8.98. The molecule has 1 fully saturated rings. The van der Waals surface area contributed by atoms with Crippen LogP contribution in [-0.2, 0) is 10.0 Å². The highest BCUT2D eigenvalue weighted by Gasteiger charge is 2.32. The summed E-state index contributed by atoms with van der Waals surface area (Å²) in [6.07, 6.45) is 0. The molecule has 0 aromatic heterocycles. The van der Waals surface area contributed by atoms with Crippen LogP contribution < -0.4 is 0 Å². The van der Waals surface area contributed by atoms with E-state index in [0.29, 0.717) is 26.2 Å². The van der Waals surface area contributed by atoms with E-state index in [4.69, 9.17) is 0 Å². The molecule has 30 heavy (non-hydrogen) atoms. The van der Waals surface area contributed by atoms with Gasteiger partial charge in [0.25, 0.3) is 0 Å². The predicted molar refractivity (Wildman–Crippen MR) is 119 cm³/mol. The SMILES string of the molecule is O=S(=O)(c1cccc(F)c1)N1CCN([C@H](c2ccccc2)c2ccc(Br)cc2)CC1. The average Bonchev–Trinajstić information content (AvgIpc) is 2.76. The van der Waals surface area contributed by atoms with Gasteiger partial charge in [0.15, 0.2) is 0 Å². The van der Waals surface area contributed by atoms with Crippen LogP contribution >= 0.6 is 15.9 Å². The molecule has 0 N–H and O–H groups in total. The number of benzene rings is 3. The summed E-state index contributed by atoms with van der Waals surface area (Å²) in [6.45, 7) is 1.89. The number of hydrogen-bond donors (Lipinski definition) is 0. The lowest BCUT2D eigenvalue weighted by atomic mass is 9.96. The molecule has 7 heteroatoms. The van der Waals surface area contributed by atoms with Gasteiger partial charge in [-0.2, -0.15) is 4.31 Å². The quantitative estimate of drug-likeness (QED) is 0.523. The summed E-state index contributed by atoms with van der Waals surface area (Å²) in [4.78, 5) is 2.30. The first-order valence-electron chi connectivity index (χ1n) is 9.75. The maximum absolute atomic E-state index is 13.5. The maximum Gasteiger partial charge on any atom is 0.243 e. The van der Waals surface area contributed by atoms with Crippen molar-refractivity contribution in [2.75, 3.05) is 26.2 Å². The Balaban J connectivity index is 1.56. The lowest BCUT2D eigenvalue weighted by molar-refractivity contribution is 0.156. The lowest BCUT2D eigenvalue weighted by Gasteiger charge is -2.39. The second-order valence-electron chi connectivity index (χ2n) is 7.26. The summed E-state index contributed by atoms with van der Waals surface area (Å²) in [5.74, 6) is -0.547. The van der Waals surface area contributed by atoms with E-state index < -0.39 is 15.8 Å². The Bertz CT molecular complexity index is 1100. The third-order valence-corrected chi connectivity index (χ3v) is 7.80. The number of sulfonamides is 1. The summed E-state index contributed by atoms with van der Waals surface area (Å²) >= 11 is 3.49. The molecule has 0 bridgehead atoms. The van der Waals surface area contributed by atoms with Crippen LogP contribution in [0, 0.1) is 5.82 Å². The molecule has 0 aliphatic carbocycles. The molecule has 0 unspecified atom stereocenters. The van der Waals surface area contributed by atoms with Crippen LogP contribution in [0.15, 0.2) is 88.2 Å². The highest BCUT2D eigenvalue weighted by molar-refractivity contribution is 9.10. The number of piperazine rings is 1. The minimum atomic E-state index is -3.71. The van der Waals surface area contributed by atoms with Gasteiger partial charge in [-0.05, 0) is 41.5 Å². The van der Waals surface area contributed by atoms with Gasteiger partial charge in [0, 0.05) is 30.7 Å². The first-order valence-corrected chi connectivity index (χ1v) is 12.0. The summed E-state index contributed by atoms with van der Waals surface area (Å²) < 4.78 is 41.9. The van der Waals surface area contributed by atoms with E-state index in [2.05, 4.69) is 45.1 Å². The Morgan fingerprint density at radius 2 is 1.43 bits per heavy atom. The van der Waals surface area contributed by atoms with Gasteiger partial charge in [0.1, 0.15) is 5.82 Å². The van der Waals surface area contributed by atoms with Crippen molar-refractivity contribution in [3.05, 3.63) is 100 Å². The van der Waals surface area contributed by atoms with Crippen molar-refractivity contribution in [2.45, 2.75) is 10.9 Å². The van der Waals surface area contributed by atoms with Crippen LogP contribution in [0.1, 0.15) is 17.2 Å². The Morgan fingerprint density at radius 1 is 0.800 bits per heavy atom. The largest absolute Gasteiger partial charge is 0.290 e. The Morgan fingerprint density at radius 3 is 2.07 bits per heavy atom. The topological polar surface area (TPSA) is 40.6 Å². The van der Waals surface area contributed by atoms with Crippen molar-refractivity contribution < 1.29 is 12.8 Å². The highest BCUT2D eigenvalue weighted by Crippen LogP contribution is 2.31. The van der Waals surface area contributed by atoms with E-state index in [1.165, 1.54) is 28.1 Å². The maximum atomic E-state index is 13.5. The standard InChI is InChI=1S/C23H22BrFN2O2S/c24-20-11-9-19(10-12-20)23(18-5-2-1-3-6-18)26-13-15-27(16-14-26)30(28,29)22-8-4-7-21(25)17-22/h1-12,17,23H,13-16H2/t23-/m1/s1. The first-order chi connectivity index (χ1) is 14.4. The number of hydrogen-bond acceptors (Lipinski definition) is 3. The molecule has 0 saturated carbocycles. The van der Waals surface area contributed by atoms with Crippen molar-refractivity contribution in [2.24, 2.45) is 0 Å². The van der Waals surface area contributed by atoms with Gasteiger partial charge in [-0.15, -0.1) is 0 Å². The minimum Gasteiger partial charge on any atom is -0.290 e. The fraction of sp³-hybridized carbons (Fsp3) is 0.217. The molecule has 0 radical (unpaired) electrons. The zero-order valence-electron chi connectivity index (χ0n) is 16.3. The van der Waals surface area contributed by atoms with Gasteiger partial charge in [-0.3, -0.25) is 4.90 Å². The monoisotopic (exact) mass is 488 g/mol. The van der Waals surface area contributed by atoms with Crippen molar-refractivity contribution in [3.8, 4) is 0 Å². The molecule has 1 atom stereocenters. The number of rotatable bonds is 5. The molecule has 4 rings (SSSR count). The Hall–Kier alpha value is -2.06. The van der Waals surface area contributed by atoms with Crippen LogP contribution in [0.5, 0.6) is 0 Å². The van der Waals surface area contributed by atoms with E-state index in [1.54, 1.807) is 0 Å². The average molecular weight is 489 g/mol. The molecular weight excluding hydrogens is 467 g/mol. The zero-order chi connectivity index (χ0) is 21.1. The van der Waals surface area contributed by atoms with Crippen LogP contribution in [-0.4, -0.2) is 43.8 Å². The van der Waals surface area contributed by atoms with E-state index >= 15 is 0 Å². The number of nitrogens with zero attached hydrogens (tertiary/aromatic N) is 2. The van der Waals surface area contributed by atoms with Gasteiger partial charge in [-0.1, -0.05) is 64.5 Å². The molecule has 1 aliphatic heterocycles. The van der Waals surface area contributed by atoms with E-state index in [-0.39, 0.29) is 10.9 Å². The molecule has 3 aromatic carbocycles. The summed E-state index contributed by atoms with van der Waals surface area (Å²) in [6, 6.07) is 23.7. The highest BCUT2D eigenvalue weighted by atomic mass is 79.9. The van der Waals surface area contributed by atoms with E-state index in [9.17, 15) is 12.8 Å². The molecule has 1 saturated heterocycles. The molecule has 3 aromatic rings. The summed E-state index contributed by atoms with van der Waals surface area (Å²) in [5, 5.41) is 0. The van der Waals surface area contributed by atoms with Crippen LogP contribution in [0.4, 0.5) is 4.39 Å². The van der Waals surface area contributed by atoms with E-state index in [1.807, 2.05) is 30.3 Å². The summed E-state index contributed by atoms with van der Waals surface area (Å²) in [7, 11) is -3.71. The van der Waals surface area contributed by atoms with Gasteiger partial charge in [0.2, 0.25) is 10.0 Å². The Labute approximate surface area is 185 Å². The van der Waals surface area contributed by atoms with Crippen LogP contribution in [0.25, 0.3) is 0 Å². The molecule has 0 amide bonds. The zero-order valence-corrected chi connectivity index (χ0v) is 18.7. The molecule has 1 heterocycles. The van der Waals surface area contributed by atoms with Crippen LogP contribution in [0.3, 0.4) is 0 Å². The summed E-state index contributed by atoms with van der Waals surface area (Å²) in [5.41, 5.74) is 2.33. The third-order valence-electron chi connectivity index (χ3n) is 5.37. The minimum absolute atomic E-state index is 0.00321. The normalized spacial score (nSPS) is 17.0. The van der Waals surface area contributed by atoms with Crippen molar-refractivity contribution in [3.63, 3.8) is 0 Å². The van der Waals surface area contributed by atoms with Gasteiger partial charge >= 0.3 is 0 Å². The lowest BCUT2D eigenvalue weighted by Crippen LogP contribution is -2.49.